The van der Waals surface area contributed by atoms with Crippen LogP contribution in [0.15, 0.2) is 47.7 Å². The summed E-state index contributed by atoms with van der Waals surface area (Å²) < 4.78 is 1.96. The van der Waals surface area contributed by atoms with E-state index in [4.69, 9.17) is 4.99 Å². The minimum absolute atomic E-state index is 0. The van der Waals surface area contributed by atoms with Crippen molar-refractivity contribution in [2.45, 2.75) is 52.7 Å². The molecule has 1 aliphatic heterocycles. The van der Waals surface area contributed by atoms with E-state index in [1.165, 1.54) is 37.1 Å². The topological polar surface area (TPSA) is 57.5 Å². The zero-order valence-electron chi connectivity index (χ0n) is 18.4. The second-order valence-electron chi connectivity index (χ2n) is 7.97. The van der Waals surface area contributed by atoms with Crippen molar-refractivity contribution < 1.29 is 0 Å². The van der Waals surface area contributed by atoms with Gasteiger partial charge in [-0.2, -0.15) is 5.10 Å². The van der Waals surface area contributed by atoms with Gasteiger partial charge in [-0.25, -0.2) is 4.99 Å². The van der Waals surface area contributed by atoms with Crippen molar-refractivity contribution in [3.63, 3.8) is 0 Å². The summed E-state index contributed by atoms with van der Waals surface area (Å²) in [5.74, 6) is 1.75. The van der Waals surface area contributed by atoms with E-state index in [9.17, 15) is 0 Å². The third kappa shape index (κ3) is 8.26. The molecular weight excluding hydrogens is 487 g/mol. The Bertz CT molecular complexity index is 738. The number of benzene rings is 1. The van der Waals surface area contributed by atoms with Gasteiger partial charge in [-0.3, -0.25) is 9.58 Å². The minimum Gasteiger partial charge on any atom is -0.357 e. The molecule has 2 aromatic rings. The average Bonchev–Trinajstić information content (AvgIpc) is 3.25. The highest BCUT2D eigenvalue weighted by molar-refractivity contribution is 14.0. The first-order chi connectivity index (χ1) is 14.2. The zero-order chi connectivity index (χ0) is 20.3. The molecule has 7 heteroatoms. The largest absolute Gasteiger partial charge is 0.357 e. The summed E-state index contributed by atoms with van der Waals surface area (Å²) in [7, 11) is 0. The number of aliphatic imine (C=N–C) groups is 1. The van der Waals surface area contributed by atoms with Crippen LogP contribution >= 0.6 is 24.0 Å². The molecule has 0 bridgehead atoms. The number of rotatable bonds is 9. The molecule has 0 spiro atoms. The minimum atomic E-state index is 0. The predicted octanol–water partition coefficient (Wildman–Crippen LogP) is 3.88. The van der Waals surface area contributed by atoms with Crippen LogP contribution in [-0.2, 0) is 19.6 Å². The Hall–Kier alpha value is -1.61. The number of hydrogen-bond acceptors (Lipinski definition) is 3. The fourth-order valence-electron chi connectivity index (χ4n) is 3.71. The normalized spacial score (nSPS) is 15.6. The van der Waals surface area contributed by atoms with Crippen LogP contribution in [0.1, 0.15) is 44.2 Å². The van der Waals surface area contributed by atoms with Gasteiger partial charge in [0.25, 0.3) is 0 Å². The summed E-state index contributed by atoms with van der Waals surface area (Å²) in [4.78, 5) is 7.42. The standard InChI is InChI=1S/C23H36N6.HI/c1-3-24-23(25-12-6-14-29-15-7-13-27-29)26-18-21-8-4-5-9-22(21)19-28-16-10-20(2)11-17-28;/h4-5,7-9,13,15,20H,3,6,10-12,14,16-19H2,1-2H3,(H2,24,25,26);1H. The highest BCUT2D eigenvalue weighted by Crippen LogP contribution is 2.20. The summed E-state index contributed by atoms with van der Waals surface area (Å²) in [6, 6.07) is 10.7. The number of aromatic nitrogens is 2. The fourth-order valence-corrected chi connectivity index (χ4v) is 3.71. The Morgan fingerprint density at radius 1 is 1.13 bits per heavy atom. The molecule has 0 amide bonds. The van der Waals surface area contributed by atoms with E-state index < -0.39 is 0 Å². The number of aryl methyl sites for hydroxylation is 1. The molecule has 30 heavy (non-hydrogen) atoms. The van der Waals surface area contributed by atoms with Crippen molar-refractivity contribution in [2.75, 3.05) is 26.2 Å². The monoisotopic (exact) mass is 524 g/mol. The van der Waals surface area contributed by atoms with Crippen molar-refractivity contribution in [3.8, 4) is 0 Å². The van der Waals surface area contributed by atoms with E-state index in [2.05, 4.69) is 58.7 Å². The third-order valence-electron chi connectivity index (χ3n) is 5.56. The lowest BCUT2D eigenvalue weighted by Gasteiger charge is -2.30. The van der Waals surface area contributed by atoms with E-state index in [1.54, 1.807) is 0 Å². The van der Waals surface area contributed by atoms with Crippen LogP contribution in [0.4, 0.5) is 0 Å². The molecule has 6 nitrogen and oxygen atoms in total. The first kappa shape index (κ1) is 24.7. The van der Waals surface area contributed by atoms with E-state index in [0.29, 0.717) is 6.54 Å². The van der Waals surface area contributed by atoms with Crippen LogP contribution in [0.5, 0.6) is 0 Å². The molecule has 1 aliphatic rings. The molecule has 2 heterocycles. The highest BCUT2D eigenvalue weighted by atomic mass is 127. The van der Waals surface area contributed by atoms with Crippen molar-refractivity contribution >= 4 is 29.9 Å². The summed E-state index contributed by atoms with van der Waals surface area (Å²) in [5.41, 5.74) is 2.72. The Morgan fingerprint density at radius 2 is 1.90 bits per heavy atom. The zero-order valence-corrected chi connectivity index (χ0v) is 20.7. The highest BCUT2D eigenvalue weighted by Gasteiger charge is 2.16. The van der Waals surface area contributed by atoms with Gasteiger partial charge in [0.05, 0.1) is 6.54 Å². The van der Waals surface area contributed by atoms with Gasteiger partial charge in [-0.05, 0) is 62.4 Å². The Kier molecular flexibility index (Phi) is 11.2. The number of hydrogen-bond donors (Lipinski definition) is 2. The molecule has 0 aliphatic carbocycles. The SMILES string of the molecule is CCNC(=NCc1ccccc1CN1CCC(C)CC1)NCCCn1cccn1.I. The van der Waals surface area contributed by atoms with E-state index in [1.807, 2.05) is 23.1 Å². The maximum Gasteiger partial charge on any atom is 0.191 e. The number of halogens is 1. The van der Waals surface area contributed by atoms with Gasteiger partial charge < -0.3 is 10.6 Å². The van der Waals surface area contributed by atoms with Crippen LogP contribution < -0.4 is 10.6 Å². The van der Waals surface area contributed by atoms with Gasteiger partial charge in [0.1, 0.15) is 0 Å². The van der Waals surface area contributed by atoms with E-state index >= 15 is 0 Å². The second-order valence-corrected chi connectivity index (χ2v) is 7.97. The maximum absolute atomic E-state index is 4.84. The molecule has 0 atom stereocenters. The van der Waals surface area contributed by atoms with Gasteiger partial charge >= 0.3 is 0 Å². The van der Waals surface area contributed by atoms with E-state index in [0.717, 1.165) is 44.5 Å². The average molecular weight is 524 g/mol. The number of nitrogens with zero attached hydrogens (tertiary/aromatic N) is 4. The molecule has 0 radical (unpaired) electrons. The summed E-state index contributed by atoms with van der Waals surface area (Å²) in [6.45, 7) is 11.3. The van der Waals surface area contributed by atoms with Crippen molar-refractivity contribution in [3.05, 3.63) is 53.9 Å². The summed E-state index contributed by atoms with van der Waals surface area (Å²) in [5, 5.41) is 11.1. The lowest BCUT2D eigenvalue weighted by molar-refractivity contribution is 0.185. The molecular formula is C23H37IN6. The summed E-state index contributed by atoms with van der Waals surface area (Å²) in [6.07, 6.45) is 7.46. The number of guanidine groups is 1. The first-order valence-electron chi connectivity index (χ1n) is 11.0. The lowest BCUT2D eigenvalue weighted by Crippen LogP contribution is -2.38. The van der Waals surface area contributed by atoms with Crippen molar-refractivity contribution in [1.82, 2.24) is 25.3 Å². The van der Waals surface area contributed by atoms with Crippen LogP contribution in [0.2, 0.25) is 0 Å². The second kappa shape index (κ2) is 13.6. The van der Waals surface area contributed by atoms with Gasteiger partial charge in [-0.15, -0.1) is 24.0 Å². The Labute approximate surface area is 198 Å². The molecule has 1 fully saturated rings. The number of nitrogens with one attached hydrogen (secondary N) is 2. The molecule has 3 rings (SSSR count). The van der Waals surface area contributed by atoms with Gasteiger partial charge in [0.2, 0.25) is 0 Å². The van der Waals surface area contributed by atoms with Crippen LogP contribution in [0, 0.1) is 5.92 Å². The first-order valence-corrected chi connectivity index (χ1v) is 11.0. The number of piperidine rings is 1. The quantitative estimate of drug-likeness (QED) is 0.226. The van der Waals surface area contributed by atoms with Gasteiger partial charge in [0, 0.05) is 38.6 Å². The van der Waals surface area contributed by atoms with Gasteiger partial charge in [-0.1, -0.05) is 31.2 Å². The molecule has 0 saturated carbocycles. The maximum atomic E-state index is 4.84. The Balaban J connectivity index is 0.00000320. The van der Waals surface area contributed by atoms with Gasteiger partial charge in [0.15, 0.2) is 5.96 Å². The molecule has 2 N–H and O–H groups in total. The van der Waals surface area contributed by atoms with Crippen LogP contribution in [0.3, 0.4) is 0 Å². The lowest BCUT2D eigenvalue weighted by atomic mass is 9.98. The van der Waals surface area contributed by atoms with E-state index in [-0.39, 0.29) is 24.0 Å². The fraction of sp³-hybridized carbons (Fsp3) is 0.565. The smallest absolute Gasteiger partial charge is 0.191 e. The third-order valence-corrected chi connectivity index (χ3v) is 5.56. The number of likely N-dealkylation sites (tertiary alicyclic amines) is 1. The molecule has 166 valence electrons. The van der Waals surface area contributed by atoms with Crippen LogP contribution in [0.25, 0.3) is 0 Å². The van der Waals surface area contributed by atoms with Crippen molar-refractivity contribution in [2.24, 2.45) is 10.9 Å². The van der Waals surface area contributed by atoms with Crippen molar-refractivity contribution in [1.29, 1.82) is 0 Å². The molecule has 1 saturated heterocycles. The molecule has 1 aromatic heterocycles. The molecule has 0 unspecified atom stereocenters. The van der Waals surface area contributed by atoms with Crippen LogP contribution in [-0.4, -0.2) is 46.8 Å². The Morgan fingerprint density at radius 3 is 2.60 bits per heavy atom. The molecule has 1 aromatic carbocycles. The summed E-state index contributed by atoms with van der Waals surface area (Å²) >= 11 is 0. The predicted molar refractivity (Wildman–Crippen MR) is 135 cm³/mol.